The van der Waals surface area contributed by atoms with Crippen molar-refractivity contribution in [1.29, 1.82) is 0 Å². The van der Waals surface area contributed by atoms with E-state index in [-0.39, 0.29) is 56.6 Å². The average molecular weight is 1400 g/mol. The second-order valence-corrected chi connectivity index (χ2v) is 29.5. The largest absolute Gasteiger partial charge is 0.390 e. The molecule has 2 rings (SSSR count). The van der Waals surface area contributed by atoms with Crippen molar-refractivity contribution in [2.24, 2.45) is 40.6 Å². The van der Waals surface area contributed by atoms with E-state index < -0.39 is 161 Å². The number of hydrogen-bond acceptors (Lipinski definition) is 16. The van der Waals surface area contributed by atoms with Crippen LogP contribution >= 0.6 is 0 Å². The van der Waals surface area contributed by atoms with Crippen LogP contribution in [0.15, 0.2) is 5.11 Å². The lowest BCUT2D eigenvalue weighted by Gasteiger charge is -2.41. The summed E-state index contributed by atoms with van der Waals surface area (Å²) in [7, 11) is 9.85. The Hall–Kier alpha value is -6.68. The Bertz CT molecular complexity index is 2710. The molecular formula is C70H127N15O14. The maximum Gasteiger partial charge on any atom is 0.246 e. The zero-order chi connectivity index (χ0) is 75.6. The summed E-state index contributed by atoms with van der Waals surface area (Å²) in [5, 5.41) is 27.1. The lowest BCUT2D eigenvalue weighted by Crippen LogP contribution is -2.64. The maximum absolute atomic E-state index is 15.4. The summed E-state index contributed by atoms with van der Waals surface area (Å²) < 4.78 is 11.9. The fourth-order valence-corrected chi connectivity index (χ4v) is 12.9. The van der Waals surface area contributed by atoms with Gasteiger partial charge >= 0.3 is 0 Å². The first-order valence-electron chi connectivity index (χ1n) is 35.9. The van der Waals surface area contributed by atoms with Gasteiger partial charge in [0.1, 0.15) is 66.5 Å². The molecular weight excluding hydrogens is 1270 g/mol. The number of hydrogen-bond donors (Lipinski definition) is 5. The molecule has 0 aromatic carbocycles. The Labute approximate surface area is 590 Å². The van der Waals surface area contributed by atoms with Crippen LogP contribution in [-0.2, 0) is 62.2 Å². The molecule has 2 fully saturated rings. The van der Waals surface area contributed by atoms with Gasteiger partial charge in [0.15, 0.2) is 0 Å². The SMILES string of the molecule is CC[C@@H]1NC(=O)[C@H]([C@H](O)[C@H](C)CCCCCN=[N+]=[N-])N(C)C(=O)[C@H](C(C)C)N(C)C(=O)[C@H](CC(C)C)N(C)C(=O)[C@H](CC(C)C)N(C)C(=O)[C@@H](C)NC(=O)[C@H](C)NC(=O)[C@H](CC(C)C)N(C)C(=O)[C@H](C(C)C)NC(=O)[C@H]([C@@H](C)OCCCCN2CCOCC2)N(C)C(=O)[C@@H](C)N(C)C1=O. The highest BCUT2D eigenvalue weighted by Gasteiger charge is 2.47. The van der Waals surface area contributed by atoms with E-state index >= 15 is 28.8 Å². The van der Waals surface area contributed by atoms with Crippen molar-refractivity contribution in [3.63, 3.8) is 0 Å². The van der Waals surface area contributed by atoms with Gasteiger partial charge in [-0.3, -0.25) is 57.6 Å². The molecule has 566 valence electrons. The number of amides is 11. The van der Waals surface area contributed by atoms with E-state index in [0.717, 1.165) is 40.8 Å². The molecule has 14 atom stereocenters. The van der Waals surface area contributed by atoms with Crippen LogP contribution < -0.4 is 21.3 Å². The lowest BCUT2D eigenvalue weighted by molar-refractivity contribution is -0.157. The number of unbranched alkanes of at least 4 members (excludes halogenated alkanes) is 3. The Morgan fingerprint density at radius 1 is 0.515 bits per heavy atom. The molecule has 0 aliphatic carbocycles. The summed E-state index contributed by atoms with van der Waals surface area (Å²) in [6, 6.07) is -14.4. The van der Waals surface area contributed by atoms with Gasteiger partial charge in [0, 0.05) is 80.5 Å². The molecule has 5 N–H and O–H groups in total. The van der Waals surface area contributed by atoms with E-state index in [1.165, 1.54) is 89.7 Å². The number of ether oxygens (including phenoxy) is 2. The molecule has 2 saturated heterocycles. The first kappa shape index (κ1) is 88.4. The second kappa shape index (κ2) is 42.5. The molecule has 0 bridgehead atoms. The van der Waals surface area contributed by atoms with Crippen LogP contribution in [-0.4, -0.2) is 283 Å². The Morgan fingerprint density at radius 3 is 1.54 bits per heavy atom. The second-order valence-electron chi connectivity index (χ2n) is 29.5. The summed E-state index contributed by atoms with van der Waals surface area (Å²) in [5.74, 6) is -10.3. The summed E-state index contributed by atoms with van der Waals surface area (Å²) in [6.45, 7) is 31.5. The van der Waals surface area contributed by atoms with Crippen LogP contribution in [0.5, 0.6) is 0 Å². The van der Waals surface area contributed by atoms with Gasteiger partial charge in [-0.15, -0.1) is 0 Å². The van der Waals surface area contributed by atoms with Crippen LogP contribution in [0.3, 0.4) is 0 Å². The zero-order valence-corrected chi connectivity index (χ0v) is 64.2. The predicted molar refractivity (Wildman–Crippen MR) is 379 cm³/mol. The third-order valence-corrected chi connectivity index (χ3v) is 19.3. The average Bonchev–Trinajstić information content (AvgIpc) is 0.805. The standard InChI is InChI=1S/C70H127N15O14/c1-24-51-66(93)78(17)49(15)65(92)83(22)57(50(16)99-35-29-28-32-85-33-36-98-37-34-85)62(89)76-55(44(8)9)69(96)79(18)52(38-41(2)3)61(88)73-47(13)60(87)74-48(14)64(91)80(19)53(39-42(4)5)67(94)81(20)54(40-43(6)7)68(95)82(21)56(45(10)11)70(97)84(23)58(63(90)75-51)59(86)46(12)30-26-25-27-31-72-77-71/h41-59,86H,24-40H2,1-23H3,(H,73,88)(H,74,87)(H,75,90)(H,76,89)/t46-,47+,48-,49-,50-,51+,52+,53+,54+,55+,56+,57+,58+,59-/m1/s1. The molecule has 2 aliphatic heterocycles. The molecule has 0 radical (unpaired) electrons. The van der Waals surface area contributed by atoms with Crippen LogP contribution in [0.1, 0.15) is 175 Å². The van der Waals surface area contributed by atoms with Crippen LogP contribution in [0.4, 0.5) is 0 Å². The van der Waals surface area contributed by atoms with Crippen LogP contribution in [0.2, 0.25) is 0 Å². The molecule has 0 saturated carbocycles. The normalized spacial score (nSPS) is 26.7. The summed E-state index contributed by atoms with van der Waals surface area (Å²) in [4.78, 5) is 177. The van der Waals surface area contributed by atoms with Crippen molar-refractivity contribution in [2.45, 2.75) is 254 Å². The number of aliphatic hydroxyl groups is 1. The molecule has 2 aliphatic rings. The molecule has 0 spiro atoms. The molecule has 0 unspecified atom stereocenters. The van der Waals surface area contributed by atoms with Crippen LogP contribution in [0.25, 0.3) is 10.4 Å². The minimum atomic E-state index is -1.67. The predicted octanol–water partition coefficient (Wildman–Crippen LogP) is 4.03. The van der Waals surface area contributed by atoms with Gasteiger partial charge in [0.25, 0.3) is 0 Å². The zero-order valence-electron chi connectivity index (χ0n) is 64.2. The van der Waals surface area contributed by atoms with Crippen LogP contribution in [0, 0.1) is 35.5 Å². The van der Waals surface area contributed by atoms with Gasteiger partial charge in [-0.05, 0) is 127 Å². The third kappa shape index (κ3) is 26.0. The van der Waals surface area contributed by atoms with Gasteiger partial charge < -0.3 is 70.1 Å². The number of nitrogens with one attached hydrogen (secondary N) is 4. The van der Waals surface area contributed by atoms with E-state index in [0.29, 0.717) is 45.3 Å². The number of likely N-dealkylation sites (N-methyl/N-ethyl adjacent to an activating group) is 7. The first-order valence-corrected chi connectivity index (χ1v) is 35.9. The van der Waals surface area contributed by atoms with Crippen molar-refractivity contribution in [2.75, 3.05) is 95.3 Å². The highest BCUT2D eigenvalue weighted by Crippen LogP contribution is 2.27. The van der Waals surface area contributed by atoms with Crippen molar-refractivity contribution >= 4 is 65.0 Å². The van der Waals surface area contributed by atoms with E-state index in [4.69, 9.17) is 15.0 Å². The number of nitrogens with zero attached hydrogens (tertiary/aromatic N) is 11. The maximum atomic E-state index is 15.4. The Morgan fingerprint density at radius 2 is 1.01 bits per heavy atom. The number of morpholine rings is 1. The Kier molecular flexibility index (Phi) is 38.0. The van der Waals surface area contributed by atoms with Crippen molar-refractivity contribution in [3.05, 3.63) is 10.4 Å². The van der Waals surface area contributed by atoms with Gasteiger partial charge in [-0.1, -0.05) is 101 Å². The quantitative estimate of drug-likeness (QED) is 0.0394. The molecule has 11 amide bonds. The lowest BCUT2D eigenvalue weighted by atomic mass is 9.90. The highest BCUT2D eigenvalue weighted by molar-refractivity contribution is 6.00. The molecule has 29 heteroatoms. The van der Waals surface area contributed by atoms with Crippen molar-refractivity contribution < 1.29 is 67.3 Å². The summed E-state index contributed by atoms with van der Waals surface area (Å²) in [6.07, 6.45) is 1.26. The fourth-order valence-electron chi connectivity index (χ4n) is 12.9. The monoisotopic (exact) mass is 1400 g/mol. The smallest absolute Gasteiger partial charge is 0.246 e. The van der Waals surface area contributed by atoms with Gasteiger partial charge in [-0.2, -0.15) is 0 Å². The fraction of sp³-hybridized carbons (Fsp3) is 0.843. The number of carbonyl (C=O) groups is 11. The third-order valence-electron chi connectivity index (χ3n) is 19.3. The number of carbonyl (C=O) groups excluding carboxylic acids is 11. The number of aliphatic hydroxyl groups excluding tert-OH is 1. The van der Waals surface area contributed by atoms with Crippen molar-refractivity contribution in [3.8, 4) is 0 Å². The van der Waals surface area contributed by atoms with Crippen molar-refractivity contribution in [1.82, 2.24) is 60.5 Å². The number of azide groups is 1. The summed E-state index contributed by atoms with van der Waals surface area (Å²) in [5.41, 5.74) is 8.82. The highest BCUT2D eigenvalue weighted by atomic mass is 16.5. The molecule has 0 aromatic heterocycles. The van der Waals surface area contributed by atoms with E-state index in [9.17, 15) is 29.1 Å². The van der Waals surface area contributed by atoms with Gasteiger partial charge in [0.05, 0.1) is 25.4 Å². The number of rotatable bonds is 24. The molecule has 0 aromatic rings. The first-order chi connectivity index (χ1) is 46.2. The Balaban J connectivity index is 3.02. The van der Waals surface area contributed by atoms with Gasteiger partial charge in [-0.25, -0.2) is 0 Å². The topological polar surface area (TPSA) is 349 Å². The van der Waals surface area contributed by atoms with E-state index in [2.05, 4.69) is 36.2 Å². The molecule has 2 heterocycles. The minimum absolute atomic E-state index is 0.0303. The van der Waals surface area contributed by atoms with Gasteiger partial charge in [0.2, 0.25) is 65.0 Å². The molecule has 99 heavy (non-hydrogen) atoms. The van der Waals surface area contributed by atoms with E-state index in [1.54, 1.807) is 48.5 Å². The minimum Gasteiger partial charge on any atom is -0.390 e. The molecule has 29 nitrogen and oxygen atoms in total. The van der Waals surface area contributed by atoms with E-state index in [1.807, 2.05) is 41.5 Å². The summed E-state index contributed by atoms with van der Waals surface area (Å²) >= 11 is 0.